The van der Waals surface area contributed by atoms with Crippen LogP contribution in [0.2, 0.25) is 0 Å². The largest absolute Gasteiger partial charge is 0.493 e. The van der Waals surface area contributed by atoms with Crippen molar-refractivity contribution >= 4 is 11.0 Å². The van der Waals surface area contributed by atoms with E-state index in [1.807, 2.05) is 25.1 Å². The first kappa shape index (κ1) is 22.5. The molecule has 6 heteroatoms. The van der Waals surface area contributed by atoms with E-state index in [1.54, 1.807) is 26.4 Å². The Morgan fingerprint density at radius 2 is 1.85 bits per heavy atom. The van der Waals surface area contributed by atoms with Crippen molar-refractivity contribution in [2.45, 2.75) is 19.9 Å². The second kappa shape index (κ2) is 10.3. The summed E-state index contributed by atoms with van der Waals surface area (Å²) in [5, 5.41) is 0.859. The summed E-state index contributed by atoms with van der Waals surface area (Å²) in [6.45, 7) is 4.86. The van der Waals surface area contributed by atoms with E-state index in [4.69, 9.17) is 18.6 Å². The monoisotopic (exact) mass is 445 g/mol. The molecule has 2 heterocycles. The van der Waals surface area contributed by atoms with Crippen molar-refractivity contribution in [2.75, 3.05) is 33.9 Å². The number of ether oxygens (including phenoxy) is 3. The molecule has 0 saturated heterocycles. The van der Waals surface area contributed by atoms with Gasteiger partial charge < -0.3 is 18.6 Å². The molecule has 2 aromatic carbocycles. The molecule has 6 nitrogen and oxygen atoms in total. The van der Waals surface area contributed by atoms with E-state index in [-0.39, 0.29) is 5.63 Å². The van der Waals surface area contributed by atoms with E-state index in [2.05, 4.69) is 28.9 Å². The topological polar surface area (TPSA) is 61.1 Å². The van der Waals surface area contributed by atoms with Gasteiger partial charge in [-0.3, -0.25) is 4.90 Å². The maximum absolute atomic E-state index is 11.4. The van der Waals surface area contributed by atoms with E-state index in [1.165, 1.54) is 17.2 Å². The fourth-order valence-corrected chi connectivity index (χ4v) is 3.81. The molecule has 0 bridgehead atoms. The molecule has 0 fully saturated rings. The molecule has 0 N–H and O–H groups in total. The summed E-state index contributed by atoms with van der Waals surface area (Å²) >= 11 is 0. The van der Waals surface area contributed by atoms with Crippen LogP contribution in [0, 0.1) is 11.8 Å². The maximum Gasteiger partial charge on any atom is 0.336 e. The Bertz CT molecular complexity index is 1300. The van der Waals surface area contributed by atoms with Crippen LogP contribution in [0.5, 0.6) is 17.2 Å². The first-order chi connectivity index (χ1) is 16.1. The Balaban J connectivity index is 1.31. The number of methoxy groups -OCH3 is 2. The van der Waals surface area contributed by atoms with Crippen molar-refractivity contribution in [1.82, 2.24) is 4.90 Å². The summed E-state index contributed by atoms with van der Waals surface area (Å²) in [4.78, 5) is 13.7. The lowest BCUT2D eigenvalue weighted by atomic mass is 9.99. The predicted octanol–water partition coefficient (Wildman–Crippen LogP) is 4.20. The van der Waals surface area contributed by atoms with Crippen LogP contribution in [-0.2, 0) is 13.0 Å². The molecule has 1 aromatic heterocycles. The second-order valence-electron chi connectivity index (χ2n) is 7.89. The third-order valence-electron chi connectivity index (χ3n) is 5.62. The van der Waals surface area contributed by atoms with Gasteiger partial charge in [-0.2, -0.15) is 0 Å². The van der Waals surface area contributed by atoms with Crippen LogP contribution in [0.15, 0.2) is 63.3 Å². The van der Waals surface area contributed by atoms with Crippen molar-refractivity contribution in [3.05, 3.63) is 75.7 Å². The zero-order chi connectivity index (χ0) is 23.2. The minimum absolute atomic E-state index is 0.373. The van der Waals surface area contributed by atoms with Gasteiger partial charge in [-0.05, 0) is 66.5 Å². The molecular weight excluding hydrogens is 418 g/mol. The summed E-state index contributed by atoms with van der Waals surface area (Å²) in [6, 6.07) is 12.7. The Labute approximate surface area is 193 Å². The SMILES string of the molecule is COc1cc2c(cc1OC)CN(CC#C/C(C)=C/COc1ccc3ccc(=O)oc3c1)CC2. The highest BCUT2D eigenvalue weighted by atomic mass is 16.5. The quantitative estimate of drug-likeness (QED) is 0.419. The van der Waals surface area contributed by atoms with Gasteiger partial charge >= 0.3 is 5.63 Å². The molecule has 1 aliphatic rings. The van der Waals surface area contributed by atoms with Gasteiger partial charge in [-0.15, -0.1) is 0 Å². The van der Waals surface area contributed by atoms with Gasteiger partial charge in [0, 0.05) is 30.6 Å². The van der Waals surface area contributed by atoms with E-state index < -0.39 is 0 Å². The van der Waals surface area contributed by atoms with Gasteiger partial charge in [0.15, 0.2) is 11.5 Å². The summed E-state index contributed by atoms with van der Waals surface area (Å²) in [5.74, 6) is 8.65. The highest BCUT2D eigenvalue weighted by Crippen LogP contribution is 2.33. The van der Waals surface area contributed by atoms with E-state index in [0.717, 1.165) is 42.0 Å². The van der Waals surface area contributed by atoms with Gasteiger partial charge in [0.25, 0.3) is 0 Å². The molecule has 4 rings (SSSR count). The second-order valence-corrected chi connectivity index (χ2v) is 7.89. The van der Waals surface area contributed by atoms with E-state index >= 15 is 0 Å². The molecule has 0 aliphatic carbocycles. The summed E-state index contributed by atoms with van der Waals surface area (Å²) < 4.78 is 21.8. The van der Waals surface area contributed by atoms with Crippen LogP contribution in [0.25, 0.3) is 11.0 Å². The fourth-order valence-electron chi connectivity index (χ4n) is 3.81. The molecular formula is C27H27NO5. The zero-order valence-corrected chi connectivity index (χ0v) is 19.1. The first-order valence-electron chi connectivity index (χ1n) is 10.8. The lowest BCUT2D eigenvalue weighted by Crippen LogP contribution is -2.30. The van der Waals surface area contributed by atoms with Gasteiger partial charge in [0.05, 0.1) is 20.8 Å². The molecule has 0 radical (unpaired) electrons. The molecule has 0 unspecified atom stereocenters. The first-order valence-corrected chi connectivity index (χ1v) is 10.8. The van der Waals surface area contributed by atoms with Crippen molar-refractivity contribution in [2.24, 2.45) is 0 Å². The number of hydrogen-bond acceptors (Lipinski definition) is 6. The Hall–Kier alpha value is -3.69. The van der Waals surface area contributed by atoms with Crippen LogP contribution in [0.3, 0.4) is 0 Å². The summed E-state index contributed by atoms with van der Waals surface area (Å²) in [6.07, 6.45) is 2.91. The smallest absolute Gasteiger partial charge is 0.336 e. The van der Waals surface area contributed by atoms with Gasteiger partial charge in [0.1, 0.15) is 17.9 Å². The predicted molar refractivity (Wildman–Crippen MR) is 128 cm³/mol. The molecule has 0 atom stereocenters. The Morgan fingerprint density at radius 3 is 2.64 bits per heavy atom. The molecule has 170 valence electrons. The number of hydrogen-bond donors (Lipinski definition) is 0. The number of nitrogens with zero attached hydrogens (tertiary/aromatic N) is 1. The number of benzene rings is 2. The van der Waals surface area contributed by atoms with Gasteiger partial charge in [0.2, 0.25) is 0 Å². The minimum Gasteiger partial charge on any atom is -0.493 e. The lowest BCUT2D eigenvalue weighted by molar-refractivity contribution is 0.283. The highest BCUT2D eigenvalue weighted by Gasteiger charge is 2.18. The van der Waals surface area contributed by atoms with E-state index in [0.29, 0.717) is 24.5 Å². The minimum atomic E-state index is -0.373. The van der Waals surface area contributed by atoms with Crippen molar-refractivity contribution in [1.29, 1.82) is 0 Å². The van der Waals surface area contributed by atoms with Crippen LogP contribution in [0.1, 0.15) is 18.1 Å². The van der Waals surface area contributed by atoms with Crippen molar-refractivity contribution in [3.63, 3.8) is 0 Å². The van der Waals surface area contributed by atoms with Crippen LogP contribution in [-0.4, -0.2) is 38.8 Å². The third-order valence-corrected chi connectivity index (χ3v) is 5.62. The summed E-state index contributed by atoms with van der Waals surface area (Å²) in [5.41, 5.74) is 3.65. The normalized spacial score (nSPS) is 13.7. The molecule has 0 amide bonds. The number of rotatable bonds is 6. The average Bonchev–Trinajstić information content (AvgIpc) is 2.82. The fraction of sp³-hybridized carbons (Fsp3) is 0.296. The molecule has 33 heavy (non-hydrogen) atoms. The highest BCUT2D eigenvalue weighted by molar-refractivity contribution is 5.77. The van der Waals surface area contributed by atoms with Crippen molar-refractivity contribution < 1.29 is 18.6 Å². The van der Waals surface area contributed by atoms with Crippen LogP contribution >= 0.6 is 0 Å². The Kier molecular flexibility index (Phi) is 7.01. The van der Waals surface area contributed by atoms with Crippen LogP contribution < -0.4 is 19.8 Å². The summed E-state index contributed by atoms with van der Waals surface area (Å²) in [7, 11) is 3.32. The molecule has 3 aromatic rings. The number of fused-ring (bicyclic) bond motifs is 2. The molecule has 0 spiro atoms. The molecule has 1 aliphatic heterocycles. The molecule has 0 saturated carbocycles. The maximum atomic E-state index is 11.4. The third kappa shape index (κ3) is 5.57. The number of allylic oxidation sites excluding steroid dienone is 1. The average molecular weight is 446 g/mol. The van der Waals surface area contributed by atoms with Gasteiger partial charge in [-0.1, -0.05) is 11.8 Å². The Morgan fingerprint density at radius 1 is 1.09 bits per heavy atom. The van der Waals surface area contributed by atoms with Crippen LogP contribution in [0.4, 0.5) is 0 Å². The van der Waals surface area contributed by atoms with Crippen molar-refractivity contribution in [3.8, 4) is 29.1 Å². The van der Waals surface area contributed by atoms with Gasteiger partial charge in [-0.25, -0.2) is 4.79 Å². The zero-order valence-electron chi connectivity index (χ0n) is 19.1. The standard InChI is InChI=1S/C27H27NO5/c1-19(11-14-32-23-8-6-20-7-9-27(29)33-24(20)17-23)5-4-12-28-13-10-21-15-25(30-2)26(31-3)16-22(21)18-28/h6-9,11,15-17H,10,12-14,18H2,1-3H3/b19-11+. The van der Waals surface area contributed by atoms with E-state index in [9.17, 15) is 4.79 Å². The lowest BCUT2D eigenvalue weighted by Gasteiger charge is -2.27.